The quantitative estimate of drug-likeness (QED) is 0.881. The lowest BCUT2D eigenvalue weighted by molar-refractivity contribution is 0.127. The number of hydrogen-bond acceptors (Lipinski definition) is 4. The van der Waals surface area contributed by atoms with Crippen molar-refractivity contribution in [1.29, 1.82) is 0 Å². The van der Waals surface area contributed by atoms with E-state index in [9.17, 15) is 5.11 Å². The molecular weight excluding hydrogens is 240 g/mol. The molecule has 0 aliphatic carbocycles. The molecular formula is C15H24N2O2. The van der Waals surface area contributed by atoms with Gasteiger partial charge in [-0.15, -0.1) is 0 Å². The molecule has 1 saturated heterocycles. The van der Waals surface area contributed by atoms with Crippen molar-refractivity contribution in [1.82, 2.24) is 9.80 Å². The highest BCUT2D eigenvalue weighted by Crippen LogP contribution is 2.26. The van der Waals surface area contributed by atoms with Gasteiger partial charge >= 0.3 is 0 Å². The number of hydrogen-bond donors (Lipinski definition) is 1. The Kier molecular flexibility index (Phi) is 5.05. The molecule has 0 radical (unpaired) electrons. The Balaban J connectivity index is 1.88. The molecule has 19 heavy (non-hydrogen) atoms. The minimum Gasteiger partial charge on any atom is -0.504 e. The molecule has 1 N–H and O–H groups in total. The lowest BCUT2D eigenvalue weighted by Crippen LogP contribution is -2.45. The van der Waals surface area contributed by atoms with Crippen LogP contribution in [0.1, 0.15) is 18.9 Å². The Morgan fingerprint density at radius 3 is 2.47 bits per heavy atom. The molecule has 1 aliphatic rings. The van der Waals surface area contributed by atoms with E-state index in [2.05, 4.69) is 16.7 Å². The second-order valence-electron chi connectivity index (χ2n) is 5.12. The van der Waals surface area contributed by atoms with Gasteiger partial charge in [-0.3, -0.25) is 4.90 Å². The summed E-state index contributed by atoms with van der Waals surface area (Å²) in [6, 6.07) is 5.60. The smallest absolute Gasteiger partial charge is 0.160 e. The van der Waals surface area contributed by atoms with Crippen molar-refractivity contribution in [3.8, 4) is 11.5 Å². The summed E-state index contributed by atoms with van der Waals surface area (Å²) in [7, 11) is 1.59. The molecule has 0 amide bonds. The van der Waals surface area contributed by atoms with Crippen LogP contribution in [0.2, 0.25) is 0 Å². The van der Waals surface area contributed by atoms with E-state index < -0.39 is 0 Å². The van der Waals surface area contributed by atoms with Crippen LogP contribution in [0.5, 0.6) is 11.5 Å². The van der Waals surface area contributed by atoms with E-state index in [1.807, 2.05) is 12.1 Å². The van der Waals surface area contributed by atoms with Gasteiger partial charge in [-0.1, -0.05) is 13.0 Å². The average molecular weight is 264 g/mol. The zero-order valence-corrected chi connectivity index (χ0v) is 11.9. The minimum atomic E-state index is 0.207. The van der Waals surface area contributed by atoms with Crippen LogP contribution < -0.4 is 4.74 Å². The topological polar surface area (TPSA) is 35.9 Å². The molecule has 4 heteroatoms. The predicted molar refractivity (Wildman–Crippen MR) is 76.7 cm³/mol. The lowest BCUT2D eigenvalue weighted by Gasteiger charge is -2.34. The molecule has 0 atom stereocenters. The number of phenolic OH excluding ortho intramolecular Hbond substituents is 1. The van der Waals surface area contributed by atoms with E-state index in [4.69, 9.17) is 4.74 Å². The van der Waals surface area contributed by atoms with Gasteiger partial charge in [0.05, 0.1) is 7.11 Å². The maximum Gasteiger partial charge on any atom is 0.160 e. The number of piperazine rings is 1. The Labute approximate surface area is 115 Å². The lowest BCUT2D eigenvalue weighted by atomic mass is 10.1. The molecule has 0 spiro atoms. The van der Waals surface area contributed by atoms with Crippen molar-refractivity contribution < 1.29 is 9.84 Å². The Morgan fingerprint density at radius 2 is 1.84 bits per heavy atom. The molecule has 1 aliphatic heterocycles. The van der Waals surface area contributed by atoms with Crippen LogP contribution in [0.15, 0.2) is 18.2 Å². The molecule has 0 aromatic heterocycles. The van der Waals surface area contributed by atoms with Crippen LogP contribution in [-0.4, -0.2) is 54.7 Å². The van der Waals surface area contributed by atoms with Crippen LogP contribution in [0.3, 0.4) is 0 Å². The van der Waals surface area contributed by atoms with Gasteiger partial charge in [0, 0.05) is 32.7 Å². The summed E-state index contributed by atoms with van der Waals surface area (Å²) in [5.74, 6) is 0.765. The van der Waals surface area contributed by atoms with Gasteiger partial charge in [0.25, 0.3) is 0 Å². The van der Waals surface area contributed by atoms with Gasteiger partial charge in [0.1, 0.15) is 0 Å². The van der Waals surface area contributed by atoms with E-state index >= 15 is 0 Å². The largest absolute Gasteiger partial charge is 0.504 e. The van der Waals surface area contributed by atoms with Crippen molar-refractivity contribution in [3.05, 3.63) is 23.8 Å². The van der Waals surface area contributed by atoms with Crippen LogP contribution >= 0.6 is 0 Å². The second-order valence-corrected chi connectivity index (χ2v) is 5.12. The number of methoxy groups -OCH3 is 1. The first kappa shape index (κ1) is 14.2. The third-order valence-electron chi connectivity index (χ3n) is 3.66. The standard InChI is InChI=1S/C15H24N2O2/c1-3-6-16-7-9-17(10-8-16)12-13-4-5-14(18)15(11-13)19-2/h4-5,11,18H,3,6-10,12H2,1-2H3. The van der Waals surface area contributed by atoms with E-state index in [-0.39, 0.29) is 5.75 Å². The van der Waals surface area contributed by atoms with Crippen molar-refractivity contribution in [2.45, 2.75) is 19.9 Å². The summed E-state index contributed by atoms with van der Waals surface area (Å²) >= 11 is 0. The van der Waals surface area contributed by atoms with E-state index in [0.717, 1.165) is 32.7 Å². The Morgan fingerprint density at radius 1 is 1.16 bits per heavy atom. The maximum atomic E-state index is 9.59. The highest BCUT2D eigenvalue weighted by atomic mass is 16.5. The molecule has 0 unspecified atom stereocenters. The maximum absolute atomic E-state index is 9.59. The fourth-order valence-electron chi connectivity index (χ4n) is 2.57. The Hall–Kier alpha value is -1.26. The first-order chi connectivity index (χ1) is 9.22. The van der Waals surface area contributed by atoms with Crippen LogP contribution in [0.25, 0.3) is 0 Å². The molecule has 1 fully saturated rings. The zero-order valence-electron chi connectivity index (χ0n) is 11.9. The SMILES string of the molecule is CCCN1CCN(Cc2ccc(O)c(OC)c2)CC1. The fourth-order valence-corrected chi connectivity index (χ4v) is 2.57. The first-order valence-electron chi connectivity index (χ1n) is 7.03. The van der Waals surface area contributed by atoms with E-state index in [1.54, 1.807) is 13.2 Å². The number of ether oxygens (including phenoxy) is 1. The van der Waals surface area contributed by atoms with Crippen molar-refractivity contribution >= 4 is 0 Å². The summed E-state index contributed by atoms with van der Waals surface area (Å²) in [4.78, 5) is 4.98. The van der Waals surface area contributed by atoms with Gasteiger partial charge in [0.15, 0.2) is 11.5 Å². The summed E-state index contributed by atoms with van der Waals surface area (Å²) < 4.78 is 5.15. The van der Waals surface area contributed by atoms with Crippen molar-refractivity contribution in [3.63, 3.8) is 0 Å². The minimum absolute atomic E-state index is 0.207. The number of phenols is 1. The van der Waals surface area contributed by atoms with Crippen molar-refractivity contribution in [2.75, 3.05) is 39.8 Å². The van der Waals surface area contributed by atoms with Crippen LogP contribution in [0, 0.1) is 0 Å². The fraction of sp³-hybridized carbons (Fsp3) is 0.600. The molecule has 106 valence electrons. The third kappa shape index (κ3) is 3.85. The summed E-state index contributed by atoms with van der Waals surface area (Å²) in [6.45, 7) is 8.91. The number of benzene rings is 1. The Bertz CT molecular complexity index is 401. The molecule has 2 rings (SSSR count). The first-order valence-corrected chi connectivity index (χ1v) is 7.03. The van der Waals surface area contributed by atoms with Crippen molar-refractivity contribution in [2.24, 2.45) is 0 Å². The van der Waals surface area contributed by atoms with Crippen LogP contribution in [-0.2, 0) is 6.54 Å². The molecule has 0 saturated carbocycles. The number of rotatable bonds is 5. The van der Waals surface area contributed by atoms with Gasteiger partial charge in [-0.25, -0.2) is 0 Å². The summed E-state index contributed by atoms with van der Waals surface area (Å²) in [6.07, 6.45) is 1.23. The number of nitrogens with zero attached hydrogens (tertiary/aromatic N) is 2. The third-order valence-corrected chi connectivity index (χ3v) is 3.66. The van der Waals surface area contributed by atoms with Gasteiger partial charge in [0.2, 0.25) is 0 Å². The van der Waals surface area contributed by atoms with Gasteiger partial charge in [-0.05, 0) is 30.7 Å². The summed E-state index contributed by atoms with van der Waals surface area (Å²) in [5, 5.41) is 9.59. The molecule has 1 heterocycles. The predicted octanol–water partition coefficient (Wildman–Crippen LogP) is 1.93. The molecule has 4 nitrogen and oxygen atoms in total. The molecule has 1 aromatic carbocycles. The van der Waals surface area contributed by atoms with E-state index in [1.165, 1.54) is 18.5 Å². The highest BCUT2D eigenvalue weighted by Gasteiger charge is 2.16. The van der Waals surface area contributed by atoms with E-state index in [0.29, 0.717) is 5.75 Å². The zero-order chi connectivity index (χ0) is 13.7. The van der Waals surface area contributed by atoms with Gasteiger partial charge < -0.3 is 14.7 Å². The van der Waals surface area contributed by atoms with Crippen LogP contribution in [0.4, 0.5) is 0 Å². The molecule has 0 bridgehead atoms. The monoisotopic (exact) mass is 264 g/mol. The van der Waals surface area contributed by atoms with Gasteiger partial charge in [-0.2, -0.15) is 0 Å². The summed E-state index contributed by atoms with van der Waals surface area (Å²) in [5.41, 5.74) is 1.19. The average Bonchev–Trinajstić information content (AvgIpc) is 2.43. The normalized spacial score (nSPS) is 17.6. The highest BCUT2D eigenvalue weighted by molar-refractivity contribution is 5.41. The second kappa shape index (κ2) is 6.78. The number of aromatic hydroxyl groups is 1. The molecule has 1 aromatic rings.